The molecule has 19 heavy (non-hydrogen) atoms. The second-order valence-electron chi connectivity index (χ2n) is 3.42. The molecule has 0 bridgehead atoms. The Kier molecular flexibility index (Phi) is 4.43. The van der Waals surface area contributed by atoms with Gasteiger partial charge in [0.15, 0.2) is 6.61 Å². The maximum atomic E-state index is 12.8. The number of ether oxygens (including phenoxy) is 2. The van der Waals surface area contributed by atoms with Crippen molar-refractivity contribution < 1.29 is 36.0 Å². The highest BCUT2D eigenvalue weighted by Crippen LogP contribution is 2.21. The average Bonchev–Trinajstić information content (AvgIpc) is 2.35. The molecule has 6 nitrogen and oxygen atoms in total. The number of methoxy groups -OCH3 is 1. The van der Waals surface area contributed by atoms with Crippen molar-refractivity contribution in [2.24, 2.45) is 0 Å². The number of hydrogen-bond donors (Lipinski definition) is 1. The molecule has 1 aromatic rings. The van der Waals surface area contributed by atoms with Crippen molar-refractivity contribution in [2.45, 2.75) is 5.25 Å². The zero-order valence-electron chi connectivity index (χ0n) is 9.67. The van der Waals surface area contributed by atoms with Crippen LogP contribution in [-0.2, 0) is 14.9 Å². The second-order valence-corrected chi connectivity index (χ2v) is 4.96. The Labute approximate surface area is 107 Å². The first-order chi connectivity index (χ1) is 8.67. The fourth-order valence-corrected chi connectivity index (χ4v) is 1.24. The SMILES string of the molecule is COc1ccc(C(=O)OCC(F)(F)S(=O)(=O)O)cc1. The molecule has 0 heterocycles. The Balaban J connectivity index is 2.70. The number of esters is 1. The highest BCUT2D eigenvalue weighted by Gasteiger charge is 2.45. The summed E-state index contributed by atoms with van der Waals surface area (Å²) >= 11 is 0. The van der Waals surface area contributed by atoms with Crippen molar-refractivity contribution in [1.82, 2.24) is 0 Å². The van der Waals surface area contributed by atoms with Crippen molar-refractivity contribution in [3.8, 4) is 5.75 Å². The Morgan fingerprint density at radius 1 is 1.32 bits per heavy atom. The molecule has 0 aromatic heterocycles. The zero-order valence-corrected chi connectivity index (χ0v) is 10.5. The van der Waals surface area contributed by atoms with Crippen molar-refractivity contribution in [2.75, 3.05) is 13.7 Å². The van der Waals surface area contributed by atoms with Crippen LogP contribution in [0, 0.1) is 0 Å². The predicted molar refractivity (Wildman–Crippen MR) is 59.8 cm³/mol. The fourth-order valence-electron chi connectivity index (χ4n) is 1.03. The quantitative estimate of drug-likeness (QED) is 0.651. The Morgan fingerprint density at radius 2 is 1.84 bits per heavy atom. The van der Waals surface area contributed by atoms with Gasteiger partial charge in [0.1, 0.15) is 5.75 Å². The van der Waals surface area contributed by atoms with Crippen LogP contribution >= 0.6 is 0 Å². The predicted octanol–water partition coefficient (Wildman–Crippen LogP) is 1.33. The first-order valence-corrected chi connectivity index (χ1v) is 6.27. The molecule has 1 N–H and O–H groups in total. The van der Waals surface area contributed by atoms with Crippen molar-refractivity contribution >= 4 is 16.1 Å². The van der Waals surface area contributed by atoms with Crippen LogP contribution in [0.15, 0.2) is 24.3 Å². The Bertz CT molecular complexity index is 552. The van der Waals surface area contributed by atoms with Crippen LogP contribution < -0.4 is 4.74 Å². The number of alkyl halides is 2. The smallest absolute Gasteiger partial charge is 0.402 e. The van der Waals surface area contributed by atoms with E-state index < -0.39 is 27.9 Å². The lowest BCUT2D eigenvalue weighted by Crippen LogP contribution is -2.34. The van der Waals surface area contributed by atoms with Gasteiger partial charge in [0.05, 0.1) is 12.7 Å². The van der Waals surface area contributed by atoms with Crippen LogP contribution in [0.1, 0.15) is 10.4 Å². The van der Waals surface area contributed by atoms with E-state index in [-0.39, 0.29) is 5.56 Å². The molecule has 0 aliphatic heterocycles. The number of halogens is 2. The maximum absolute atomic E-state index is 12.8. The number of rotatable bonds is 5. The monoisotopic (exact) mass is 296 g/mol. The summed E-state index contributed by atoms with van der Waals surface area (Å²) in [7, 11) is -4.22. The molecular weight excluding hydrogens is 286 g/mol. The molecule has 1 rings (SSSR count). The van der Waals surface area contributed by atoms with E-state index >= 15 is 0 Å². The summed E-state index contributed by atoms with van der Waals surface area (Å²) in [5.41, 5.74) is -0.0630. The Morgan fingerprint density at radius 3 is 2.26 bits per heavy atom. The molecule has 0 atom stereocenters. The van der Waals surface area contributed by atoms with E-state index in [1.165, 1.54) is 31.4 Å². The standard InChI is InChI=1S/C10H10F2O6S/c1-17-8-4-2-7(3-5-8)9(13)18-6-10(11,12)19(14,15)16/h2-5H,6H2,1H3,(H,14,15,16). The van der Waals surface area contributed by atoms with E-state index in [0.717, 1.165) is 0 Å². The number of benzene rings is 1. The lowest BCUT2D eigenvalue weighted by Gasteiger charge is -2.13. The van der Waals surface area contributed by atoms with Crippen LogP contribution in [-0.4, -0.2) is 37.9 Å². The summed E-state index contributed by atoms with van der Waals surface area (Å²) < 4.78 is 63.3. The molecule has 0 amide bonds. The van der Waals surface area contributed by atoms with Gasteiger partial charge in [-0.25, -0.2) is 4.79 Å². The van der Waals surface area contributed by atoms with Crippen LogP contribution in [0.3, 0.4) is 0 Å². The Hall–Kier alpha value is -1.74. The van der Waals surface area contributed by atoms with Crippen LogP contribution in [0.2, 0.25) is 0 Å². The molecule has 0 radical (unpaired) electrons. The van der Waals surface area contributed by atoms with E-state index in [1.807, 2.05) is 0 Å². The summed E-state index contributed by atoms with van der Waals surface area (Å²) in [5.74, 6) is -0.703. The summed E-state index contributed by atoms with van der Waals surface area (Å²) in [6, 6.07) is 5.31. The van der Waals surface area contributed by atoms with Gasteiger partial charge in [0.25, 0.3) is 0 Å². The molecule has 0 unspecified atom stereocenters. The molecule has 0 aliphatic rings. The lowest BCUT2D eigenvalue weighted by atomic mass is 10.2. The van der Waals surface area contributed by atoms with Gasteiger partial charge in [0.2, 0.25) is 0 Å². The zero-order chi connectivity index (χ0) is 14.7. The normalized spacial score (nSPS) is 12.0. The minimum Gasteiger partial charge on any atom is -0.497 e. The van der Waals surface area contributed by atoms with E-state index in [1.54, 1.807) is 0 Å². The lowest BCUT2D eigenvalue weighted by molar-refractivity contribution is -0.00950. The third-order valence-corrected chi connectivity index (χ3v) is 2.95. The van der Waals surface area contributed by atoms with Crippen molar-refractivity contribution in [1.29, 1.82) is 0 Å². The van der Waals surface area contributed by atoms with Crippen molar-refractivity contribution in [3.05, 3.63) is 29.8 Å². The summed E-state index contributed by atoms with van der Waals surface area (Å²) in [6.07, 6.45) is 0. The van der Waals surface area contributed by atoms with E-state index in [9.17, 15) is 22.0 Å². The highest BCUT2D eigenvalue weighted by atomic mass is 32.2. The average molecular weight is 296 g/mol. The largest absolute Gasteiger partial charge is 0.497 e. The van der Waals surface area contributed by atoms with Gasteiger partial charge in [-0.2, -0.15) is 17.2 Å². The first-order valence-electron chi connectivity index (χ1n) is 4.83. The van der Waals surface area contributed by atoms with Crippen LogP contribution in [0.5, 0.6) is 5.75 Å². The second kappa shape index (κ2) is 5.49. The summed E-state index contributed by atoms with van der Waals surface area (Å²) in [6.45, 7) is -1.77. The maximum Gasteiger partial charge on any atom is 0.402 e. The van der Waals surface area contributed by atoms with Gasteiger partial charge in [-0.1, -0.05) is 0 Å². The molecule has 9 heteroatoms. The minimum absolute atomic E-state index is 0.0630. The van der Waals surface area contributed by atoms with Gasteiger partial charge >= 0.3 is 21.3 Å². The number of hydrogen-bond acceptors (Lipinski definition) is 5. The van der Waals surface area contributed by atoms with Gasteiger partial charge in [-0.15, -0.1) is 0 Å². The third kappa shape index (κ3) is 3.86. The fraction of sp³-hybridized carbons (Fsp3) is 0.300. The third-order valence-electron chi connectivity index (χ3n) is 2.07. The van der Waals surface area contributed by atoms with Crippen LogP contribution in [0.4, 0.5) is 8.78 Å². The molecule has 0 saturated carbocycles. The minimum atomic E-state index is -5.62. The van der Waals surface area contributed by atoms with E-state index in [2.05, 4.69) is 4.74 Å². The van der Waals surface area contributed by atoms with E-state index in [0.29, 0.717) is 5.75 Å². The number of carbonyl (C=O) groups is 1. The molecule has 0 spiro atoms. The van der Waals surface area contributed by atoms with Gasteiger partial charge in [-0.05, 0) is 24.3 Å². The topological polar surface area (TPSA) is 89.9 Å². The van der Waals surface area contributed by atoms with Crippen LogP contribution in [0.25, 0.3) is 0 Å². The molecule has 0 aliphatic carbocycles. The molecular formula is C10H10F2O6S. The van der Waals surface area contributed by atoms with Crippen molar-refractivity contribution in [3.63, 3.8) is 0 Å². The molecule has 0 fully saturated rings. The molecule has 106 valence electrons. The molecule has 1 aromatic carbocycles. The first kappa shape index (κ1) is 15.3. The highest BCUT2D eigenvalue weighted by molar-refractivity contribution is 7.86. The van der Waals surface area contributed by atoms with Gasteiger partial charge in [0, 0.05) is 0 Å². The summed E-state index contributed by atoms with van der Waals surface area (Å²) in [4.78, 5) is 11.3. The molecule has 0 saturated heterocycles. The summed E-state index contributed by atoms with van der Waals surface area (Å²) in [5, 5.41) is -4.55. The van der Waals surface area contributed by atoms with Gasteiger partial charge in [-0.3, -0.25) is 4.55 Å². The van der Waals surface area contributed by atoms with Gasteiger partial charge < -0.3 is 9.47 Å². The van der Waals surface area contributed by atoms with E-state index in [4.69, 9.17) is 9.29 Å². The number of carbonyl (C=O) groups excluding carboxylic acids is 1.